The van der Waals surface area contributed by atoms with E-state index in [1.165, 1.54) is 6.42 Å². The molecule has 0 radical (unpaired) electrons. The lowest BCUT2D eigenvalue weighted by Crippen LogP contribution is -2.37. The van der Waals surface area contributed by atoms with Gasteiger partial charge in [0.15, 0.2) is 0 Å². The third-order valence-electron chi connectivity index (χ3n) is 3.24. The highest BCUT2D eigenvalue weighted by Crippen LogP contribution is 2.26. The smallest absolute Gasteiger partial charge is 0.136 e. The number of nitrogens with one attached hydrogen (secondary N) is 1. The highest BCUT2D eigenvalue weighted by molar-refractivity contribution is 6.34. The molecule has 2 heterocycles. The van der Waals surface area contributed by atoms with Gasteiger partial charge >= 0.3 is 0 Å². The molecular weight excluding hydrogens is 248 g/mol. The van der Waals surface area contributed by atoms with Gasteiger partial charge in [0.05, 0.1) is 0 Å². The van der Waals surface area contributed by atoms with E-state index in [1.807, 2.05) is 24.3 Å². The molecule has 0 amide bonds. The Bertz CT molecular complexity index is 552. The van der Waals surface area contributed by atoms with Gasteiger partial charge in [-0.15, -0.1) is 0 Å². The second kappa shape index (κ2) is 5.12. The molecule has 1 aliphatic rings. The van der Waals surface area contributed by atoms with Crippen molar-refractivity contribution in [2.75, 3.05) is 13.1 Å². The van der Waals surface area contributed by atoms with Gasteiger partial charge in [-0.05, 0) is 49.0 Å². The van der Waals surface area contributed by atoms with Gasteiger partial charge < -0.3 is 10.1 Å². The third kappa shape index (κ3) is 2.42. The fourth-order valence-electron chi connectivity index (χ4n) is 2.31. The number of hydrogen-bond donors (Lipinski definition) is 1. The quantitative estimate of drug-likeness (QED) is 0.845. The minimum atomic E-state index is 0.272. The number of hydrogen-bond acceptors (Lipinski definition) is 3. The summed E-state index contributed by atoms with van der Waals surface area (Å²) < 4.78 is 5.98. The van der Waals surface area contributed by atoms with Crippen LogP contribution >= 0.6 is 11.6 Å². The third-order valence-corrected chi connectivity index (χ3v) is 3.54. The molecule has 1 aromatic carbocycles. The van der Waals surface area contributed by atoms with E-state index in [0.717, 1.165) is 36.0 Å². The Balaban J connectivity index is 1.84. The number of pyridine rings is 1. The van der Waals surface area contributed by atoms with Crippen LogP contribution in [0.3, 0.4) is 0 Å². The van der Waals surface area contributed by atoms with E-state index >= 15 is 0 Å². The summed E-state index contributed by atoms with van der Waals surface area (Å²) in [5, 5.41) is 5.92. The molecule has 3 rings (SSSR count). The average molecular weight is 263 g/mol. The lowest BCUT2D eigenvalue weighted by molar-refractivity contribution is 0.167. The van der Waals surface area contributed by atoms with Crippen molar-refractivity contribution in [3.8, 4) is 5.75 Å². The van der Waals surface area contributed by atoms with Crippen LogP contribution in [0.25, 0.3) is 10.8 Å². The van der Waals surface area contributed by atoms with Gasteiger partial charge in [0.1, 0.15) is 17.0 Å². The summed E-state index contributed by atoms with van der Waals surface area (Å²) in [5.74, 6) is 0.901. The fourth-order valence-corrected chi connectivity index (χ4v) is 2.53. The second-order valence-electron chi connectivity index (χ2n) is 4.57. The highest BCUT2D eigenvalue weighted by atomic mass is 35.5. The number of fused-ring (bicyclic) bond motifs is 1. The first-order valence-electron chi connectivity index (χ1n) is 6.24. The molecule has 1 aromatic heterocycles. The maximum atomic E-state index is 6.04. The number of nitrogens with zero attached hydrogens (tertiary/aromatic N) is 1. The molecule has 0 aliphatic carbocycles. The summed E-state index contributed by atoms with van der Waals surface area (Å²) in [5.41, 5.74) is 0. The number of piperidine rings is 1. The summed E-state index contributed by atoms with van der Waals surface area (Å²) in [7, 11) is 0. The van der Waals surface area contributed by atoms with Crippen molar-refractivity contribution in [3.05, 3.63) is 35.6 Å². The monoisotopic (exact) mass is 262 g/mol. The van der Waals surface area contributed by atoms with Gasteiger partial charge in [0, 0.05) is 18.1 Å². The summed E-state index contributed by atoms with van der Waals surface area (Å²) in [6.45, 7) is 2.02. The summed E-state index contributed by atoms with van der Waals surface area (Å²) in [4.78, 5) is 4.07. The average Bonchev–Trinajstić information content (AvgIpc) is 2.40. The molecule has 1 fully saturated rings. The molecule has 1 saturated heterocycles. The maximum Gasteiger partial charge on any atom is 0.136 e. The van der Waals surface area contributed by atoms with Crippen molar-refractivity contribution in [2.24, 2.45) is 0 Å². The van der Waals surface area contributed by atoms with Gasteiger partial charge in [-0.25, -0.2) is 4.98 Å². The van der Waals surface area contributed by atoms with Crippen molar-refractivity contribution in [3.63, 3.8) is 0 Å². The number of benzene rings is 1. The van der Waals surface area contributed by atoms with Crippen LogP contribution in [0.5, 0.6) is 5.75 Å². The Labute approximate surface area is 111 Å². The molecule has 1 atom stereocenters. The molecule has 3 nitrogen and oxygen atoms in total. The molecule has 1 aliphatic heterocycles. The Kier molecular flexibility index (Phi) is 3.35. The molecule has 0 saturated carbocycles. The predicted molar refractivity (Wildman–Crippen MR) is 73.3 cm³/mol. The Morgan fingerprint density at radius 2 is 2.28 bits per heavy atom. The van der Waals surface area contributed by atoms with Crippen molar-refractivity contribution in [1.82, 2.24) is 10.3 Å². The van der Waals surface area contributed by atoms with Crippen LogP contribution < -0.4 is 10.1 Å². The zero-order valence-corrected chi connectivity index (χ0v) is 10.8. The Morgan fingerprint density at radius 1 is 1.33 bits per heavy atom. The standard InChI is InChI=1S/C14H15ClN2O/c15-14-13-4-3-11(8-10(13)5-7-17-14)18-12-2-1-6-16-9-12/h3-5,7-8,12,16H,1-2,6,9H2. The fraction of sp³-hybridized carbons (Fsp3) is 0.357. The van der Waals surface area contributed by atoms with Crippen molar-refractivity contribution in [2.45, 2.75) is 18.9 Å². The molecule has 2 aromatic rings. The van der Waals surface area contributed by atoms with Crippen LogP contribution in [-0.2, 0) is 0 Å². The maximum absolute atomic E-state index is 6.04. The lowest BCUT2D eigenvalue weighted by atomic mass is 10.1. The zero-order valence-electron chi connectivity index (χ0n) is 10.0. The van der Waals surface area contributed by atoms with Crippen LogP contribution in [0.2, 0.25) is 5.15 Å². The van der Waals surface area contributed by atoms with Crippen LogP contribution in [0.4, 0.5) is 0 Å². The van der Waals surface area contributed by atoms with E-state index in [9.17, 15) is 0 Å². The van der Waals surface area contributed by atoms with E-state index in [4.69, 9.17) is 16.3 Å². The van der Waals surface area contributed by atoms with Crippen molar-refractivity contribution < 1.29 is 4.74 Å². The minimum Gasteiger partial charge on any atom is -0.489 e. The van der Waals surface area contributed by atoms with E-state index < -0.39 is 0 Å². The summed E-state index contributed by atoms with van der Waals surface area (Å²) in [6.07, 6.45) is 4.28. The Hall–Kier alpha value is -1.32. The van der Waals surface area contributed by atoms with Crippen LogP contribution in [0.15, 0.2) is 30.5 Å². The first-order valence-corrected chi connectivity index (χ1v) is 6.62. The number of ether oxygens (including phenoxy) is 1. The largest absolute Gasteiger partial charge is 0.489 e. The molecule has 0 bridgehead atoms. The molecule has 18 heavy (non-hydrogen) atoms. The molecule has 4 heteroatoms. The van der Waals surface area contributed by atoms with E-state index in [0.29, 0.717) is 5.15 Å². The number of halogens is 1. The summed E-state index contributed by atoms with van der Waals surface area (Å²) >= 11 is 6.04. The normalized spacial score (nSPS) is 19.9. The predicted octanol–water partition coefficient (Wildman–Crippen LogP) is 3.02. The first kappa shape index (κ1) is 11.8. The highest BCUT2D eigenvalue weighted by Gasteiger charge is 2.14. The van der Waals surface area contributed by atoms with E-state index in [-0.39, 0.29) is 6.10 Å². The molecule has 0 spiro atoms. The van der Waals surface area contributed by atoms with Crippen molar-refractivity contribution in [1.29, 1.82) is 0 Å². The summed E-state index contributed by atoms with van der Waals surface area (Å²) in [6, 6.07) is 7.91. The SMILES string of the molecule is Clc1nccc2cc(OC3CCCNC3)ccc12. The van der Waals surface area contributed by atoms with Gasteiger partial charge in [-0.1, -0.05) is 11.6 Å². The first-order chi connectivity index (χ1) is 8.83. The van der Waals surface area contributed by atoms with Gasteiger partial charge in [0.2, 0.25) is 0 Å². The molecule has 94 valence electrons. The number of rotatable bonds is 2. The van der Waals surface area contributed by atoms with Crippen LogP contribution in [-0.4, -0.2) is 24.2 Å². The van der Waals surface area contributed by atoms with E-state index in [1.54, 1.807) is 6.20 Å². The van der Waals surface area contributed by atoms with Crippen LogP contribution in [0, 0.1) is 0 Å². The number of aromatic nitrogens is 1. The lowest BCUT2D eigenvalue weighted by Gasteiger charge is -2.24. The molecule has 1 unspecified atom stereocenters. The van der Waals surface area contributed by atoms with Gasteiger partial charge in [0.25, 0.3) is 0 Å². The topological polar surface area (TPSA) is 34.1 Å². The van der Waals surface area contributed by atoms with Crippen LogP contribution in [0.1, 0.15) is 12.8 Å². The van der Waals surface area contributed by atoms with Gasteiger partial charge in [-0.2, -0.15) is 0 Å². The Morgan fingerprint density at radius 3 is 3.11 bits per heavy atom. The van der Waals surface area contributed by atoms with Crippen molar-refractivity contribution >= 4 is 22.4 Å². The minimum absolute atomic E-state index is 0.272. The van der Waals surface area contributed by atoms with E-state index in [2.05, 4.69) is 10.3 Å². The zero-order chi connectivity index (χ0) is 12.4. The van der Waals surface area contributed by atoms with Gasteiger partial charge in [-0.3, -0.25) is 0 Å². The molecular formula is C14H15ClN2O. The second-order valence-corrected chi connectivity index (χ2v) is 4.93. The molecule has 1 N–H and O–H groups in total.